The summed E-state index contributed by atoms with van der Waals surface area (Å²) in [7, 11) is -3.81. The Labute approximate surface area is 124 Å². The molecule has 0 saturated heterocycles. The Morgan fingerprint density at radius 1 is 1.33 bits per heavy atom. The van der Waals surface area contributed by atoms with Crippen molar-refractivity contribution in [3.8, 4) is 0 Å². The number of hydrogen-bond donors (Lipinski definition) is 3. The van der Waals surface area contributed by atoms with Crippen molar-refractivity contribution in [1.29, 1.82) is 0 Å². The molecule has 0 unspecified atom stereocenters. The minimum atomic E-state index is -3.81. The zero-order valence-electron chi connectivity index (χ0n) is 12.4. The van der Waals surface area contributed by atoms with Crippen molar-refractivity contribution in [3.63, 3.8) is 0 Å². The molecule has 7 heteroatoms. The molecule has 0 heterocycles. The van der Waals surface area contributed by atoms with E-state index in [4.69, 9.17) is 10.2 Å². The van der Waals surface area contributed by atoms with Gasteiger partial charge in [-0.1, -0.05) is 26.8 Å². The van der Waals surface area contributed by atoms with Crippen LogP contribution in [-0.4, -0.2) is 37.8 Å². The second kappa shape index (κ2) is 6.55. The first-order chi connectivity index (χ1) is 9.63. The van der Waals surface area contributed by atoms with Crippen LogP contribution in [0.2, 0.25) is 0 Å². The van der Waals surface area contributed by atoms with Gasteiger partial charge in [0.1, 0.15) is 0 Å². The van der Waals surface area contributed by atoms with Crippen molar-refractivity contribution in [2.45, 2.75) is 32.1 Å². The standard InChI is InChI=1S/C14H21NO5S/c1-4-10-5-6-11(7-12(10)13(17)18)21(19,20)15-8-14(2,3)9-16/h5-7,15-16H,4,8-9H2,1-3H3,(H,17,18). The van der Waals surface area contributed by atoms with Crippen LogP contribution in [0.4, 0.5) is 0 Å². The molecule has 0 aromatic heterocycles. The van der Waals surface area contributed by atoms with Crippen LogP contribution in [0.15, 0.2) is 23.1 Å². The predicted molar refractivity (Wildman–Crippen MR) is 78.8 cm³/mol. The van der Waals surface area contributed by atoms with Crippen molar-refractivity contribution >= 4 is 16.0 Å². The molecule has 0 spiro atoms. The smallest absolute Gasteiger partial charge is 0.336 e. The van der Waals surface area contributed by atoms with Gasteiger partial charge in [0.25, 0.3) is 0 Å². The number of carboxylic acids is 1. The molecule has 0 radical (unpaired) electrons. The molecule has 0 aliphatic heterocycles. The van der Waals surface area contributed by atoms with E-state index in [1.54, 1.807) is 20.8 Å². The third-order valence-corrected chi connectivity index (χ3v) is 4.57. The van der Waals surface area contributed by atoms with Gasteiger partial charge < -0.3 is 10.2 Å². The molecule has 118 valence electrons. The van der Waals surface area contributed by atoms with Crippen LogP contribution in [0.25, 0.3) is 0 Å². The van der Waals surface area contributed by atoms with E-state index in [9.17, 15) is 13.2 Å². The zero-order chi connectivity index (χ0) is 16.3. The normalized spacial score (nSPS) is 12.4. The maximum Gasteiger partial charge on any atom is 0.336 e. The van der Waals surface area contributed by atoms with Gasteiger partial charge in [-0.15, -0.1) is 0 Å². The van der Waals surface area contributed by atoms with Crippen LogP contribution in [0, 0.1) is 5.41 Å². The summed E-state index contributed by atoms with van der Waals surface area (Å²) < 4.78 is 26.8. The second-order valence-corrected chi connectivity index (χ2v) is 7.39. The summed E-state index contributed by atoms with van der Waals surface area (Å²) >= 11 is 0. The molecule has 1 aromatic rings. The number of carbonyl (C=O) groups is 1. The van der Waals surface area contributed by atoms with Crippen LogP contribution in [0.3, 0.4) is 0 Å². The SMILES string of the molecule is CCc1ccc(S(=O)(=O)NCC(C)(C)CO)cc1C(=O)O. The molecule has 0 aliphatic carbocycles. The lowest BCUT2D eigenvalue weighted by atomic mass is 9.96. The first-order valence-corrected chi connectivity index (χ1v) is 8.08. The maximum absolute atomic E-state index is 12.2. The van der Waals surface area contributed by atoms with E-state index < -0.39 is 21.4 Å². The minimum Gasteiger partial charge on any atom is -0.478 e. The van der Waals surface area contributed by atoms with Gasteiger partial charge in [0.15, 0.2) is 0 Å². The lowest BCUT2D eigenvalue weighted by Crippen LogP contribution is -2.36. The number of benzene rings is 1. The van der Waals surface area contributed by atoms with E-state index in [2.05, 4.69) is 4.72 Å². The number of nitrogens with one attached hydrogen (secondary N) is 1. The van der Waals surface area contributed by atoms with E-state index in [-0.39, 0.29) is 23.6 Å². The number of aryl methyl sites for hydroxylation is 1. The van der Waals surface area contributed by atoms with Crippen molar-refractivity contribution in [1.82, 2.24) is 4.72 Å². The zero-order valence-corrected chi connectivity index (χ0v) is 13.2. The number of sulfonamides is 1. The summed E-state index contributed by atoms with van der Waals surface area (Å²) in [5, 5.41) is 18.3. The number of aromatic carboxylic acids is 1. The van der Waals surface area contributed by atoms with Gasteiger partial charge in [-0.25, -0.2) is 17.9 Å². The van der Waals surface area contributed by atoms with Crippen LogP contribution in [0.1, 0.15) is 36.7 Å². The van der Waals surface area contributed by atoms with Crippen molar-refractivity contribution in [2.24, 2.45) is 5.41 Å². The molecule has 3 N–H and O–H groups in total. The quantitative estimate of drug-likeness (QED) is 0.702. The lowest BCUT2D eigenvalue weighted by molar-refractivity contribution is 0.0695. The fourth-order valence-electron chi connectivity index (χ4n) is 1.66. The Morgan fingerprint density at radius 2 is 1.95 bits per heavy atom. The van der Waals surface area contributed by atoms with E-state index in [1.807, 2.05) is 0 Å². The number of hydrogen-bond acceptors (Lipinski definition) is 4. The topological polar surface area (TPSA) is 104 Å². The molecular weight excluding hydrogens is 294 g/mol. The van der Waals surface area contributed by atoms with Gasteiger partial charge in [-0.3, -0.25) is 0 Å². The average molecular weight is 315 g/mol. The second-order valence-electron chi connectivity index (χ2n) is 5.62. The van der Waals surface area contributed by atoms with E-state index in [0.717, 1.165) is 6.07 Å². The fraction of sp³-hybridized carbons (Fsp3) is 0.500. The van der Waals surface area contributed by atoms with E-state index >= 15 is 0 Å². The van der Waals surface area contributed by atoms with Gasteiger partial charge in [-0.05, 0) is 24.1 Å². The van der Waals surface area contributed by atoms with Crippen LogP contribution in [-0.2, 0) is 16.4 Å². The number of carboxylic acid groups (broad SMARTS) is 1. The highest BCUT2D eigenvalue weighted by Crippen LogP contribution is 2.18. The average Bonchev–Trinajstić information content (AvgIpc) is 2.44. The summed E-state index contributed by atoms with van der Waals surface area (Å²) in [6.45, 7) is 5.14. The first kappa shape index (κ1) is 17.6. The van der Waals surface area contributed by atoms with Gasteiger partial charge >= 0.3 is 5.97 Å². The lowest BCUT2D eigenvalue weighted by Gasteiger charge is -2.21. The summed E-state index contributed by atoms with van der Waals surface area (Å²) in [4.78, 5) is 11.1. The summed E-state index contributed by atoms with van der Waals surface area (Å²) in [6.07, 6.45) is 0.507. The largest absolute Gasteiger partial charge is 0.478 e. The van der Waals surface area contributed by atoms with Crippen molar-refractivity contribution in [2.75, 3.05) is 13.2 Å². The monoisotopic (exact) mass is 315 g/mol. The molecule has 0 saturated carbocycles. The molecular formula is C14H21NO5S. The van der Waals surface area contributed by atoms with E-state index in [0.29, 0.717) is 12.0 Å². The number of rotatable bonds is 7. The first-order valence-electron chi connectivity index (χ1n) is 6.59. The van der Waals surface area contributed by atoms with Gasteiger partial charge in [0, 0.05) is 18.6 Å². The highest BCUT2D eigenvalue weighted by Gasteiger charge is 2.23. The predicted octanol–water partition coefficient (Wildman–Crippen LogP) is 1.24. The third-order valence-electron chi connectivity index (χ3n) is 3.17. The Morgan fingerprint density at radius 3 is 2.43 bits per heavy atom. The molecule has 0 atom stereocenters. The van der Waals surface area contributed by atoms with Crippen LogP contribution < -0.4 is 4.72 Å². The Hall–Kier alpha value is -1.44. The fourth-order valence-corrected chi connectivity index (χ4v) is 2.93. The van der Waals surface area contributed by atoms with Crippen molar-refractivity contribution in [3.05, 3.63) is 29.3 Å². The van der Waals surface area contributed by atoms with Gasteiger partial charge in [-0.2, -0.15) is 0 Å². The molecule has 6 nitrogen and oxygen atoms in total. The van der Waals surface area contributed by atoms with Gasteiger partial charge in [0.05, 0.1) is 10.5 Å². The summed E-state index contributed by atoms with van der Waals surface area (Å²) in [6, 6.07) is 4.06. The Balaban J connectivity index is 3.09. The minimum absolute atomic E-state index is 0.0122. The van der Waals surface area contributed by atoms with Gasteiger partial charge in [0.2, 0.25) is 10.0 Å². The molecule has 21 heavy (non-hydrogen) atoms. The van der Waals surface area contributed by atoms with Crippen LogP contribution in [0.5, 0.6) is 0 Å². The molecule has 1 aromatic carbocycles. The molecule has 0 aliphatic rings. The third kappa shape index (κ3) is 4.52. The number of aliphatic hydroxyl groups is 1. The molecule has 0 bridgehead atoms. The van der Waals surface area contributed by atoms with E-state index in [1.165, 1.54) is 12.1 Å². The molecule has 0 amide bonds. The summed E-state index contributed by atoms with van der Waals surface area (Å²) in [5.41, 5.74) is -0.0228. The summed E-state index contributed by atoms with van der Waals surface area (Å²) in [5.74, 6) is -1.15. The Kier molecular flexibility index (Phi) is 5.49. The van der Waals surface area contributed by atoms with Crippen LogP contribution >= 0.6 is 0 Å². The molecule has 1 rings (SSSR count). The maximum atomic E-state index is 12.2. The molecule has 0 fully saturated rings. The number of aliphatic hydroxyl groups excluding tert-OH is 1. The van der Waals surface area contributed by atoms with Crippen molar-refractivity contribution < 1.29 is 23.4 Å². The Bertz CT molecular complexity index is 622. The highest BCUT2D eigenvalue weighted by molar-refractivity contribution is 7.89. The highest BCUT2D eigenvalue weighted by atomic mass is 32.2.